The zero-order valence-electron chi connectivity index (χ0n) is 11.9. The van der Waals surface area contributed by atoms with E-state index in [1.807, 2.05) is 0 Å². The average molecular weight is 376 g/mol. The maximum absolute atomic E-state index is 12.6. The number of benzene rings is 1. The van der Waals surface area contributed by atoms with Crippen LogP contribution in [0.1, 0.15) is 5.56 Å². The van der Waals surface area contributed by atoms with E-state index in [2.05, 4.69) is 0 Å². The third kappa shape index (κ3) is 2.89. The second-order valence-electron chi connectivity index (χ2n) is 5.14. The van der Waals surface area contributed by atoms with E-state index < -0.39 is 35.0 Å². The highest BCUT2D eigenvalue weighted by atomic mass is 32.2. The molecule has 2 aliphatic rings. The smallest absolute Gasteiger partial charge is 0.416 e. The molecule has 0 unspecified atom stereocenters. The molecule has 1 fully saturated rings. The number of rotatable bonds is 3. The second-order valence-corrected chi connectivity index (χ2v) is 7.41. The van der Waals surface area contributed by atoms with Crippen molar-refractivity contribution in [1.29, 1.82) is 0 Å². The molecule has 10 heteroatoms. The fraction of sp³-hybridized carbons (Fsp3) is 0.286. The number of nitrogens with zero attached hydrogens (tertiary/aromatic N) is 1. The number of carbonyl (C=O) groups excluding carboxylic acids is 1. The molecular weight excluding hydrogens is 365 g/mol. The van der Waals surface area contributed by atoms with Crippen molar-refractivity contribution >= 4 is 35.4 Å². The summed E-state index contributed by atoms with van der Waals surface area (Å²) in [7, 11) is 0. The van der Waals surface area contributed by atoms with Gasteiger partial charge in [-0.1, -0.05) is 11.8 Å². The van der Waals surface area contributed by atoms with Gasteiger partial charge in [0.2, 0.25) is 5.91 Å². The zero-order chi connectivity index (χ0) is 17.6. The van der Waals surface area contributed by atoms with E-state index in [9.17, 15) is 27.9 Å². The fourth-order valence-electron chi connectivity index (χ4n) is 2.42. The van der Waals surface area contributed by atoms with Crippen molar-refractivity contribution in [2.45, 2.75) is 22.5 Å². The molecule has 5 nitrogen and oxygen atoms in total. The van der Waals surface area contributed by atoms with Crippen LogP contribution in [0.5, 0.6) is 0 Å². The highest BCUT2D eigenvalue weighted by Gasteiger charge is 2.51. The van der Waals surface area contributed by atoms with Crippen LogP contribution in [0.25, 0.3) is 0 Å². The quantitative estimate of drug-likeness (QED) is 0.788. The fourth-order valence-corrected chi connectivity index (χ4v) is 4.84. The molecule has 0 saturated carbocycles. The van der Waals surface area contributed by atoms with Crippen molar-refractivity contribution in [2.24, 2.45) is 5.73 Å². The molecule has 0 aliphatic carbocycles. The van der Waals surface area contributed by atoms with Crippen molar-refractivity contribution in [3.63, 3.8) is 0 Å². The Balaban J connectivity index is 1.87. The van der Waals surface area contributed by atoms with Gasteiger partial charge in [-0.3, -0.25) is 9.69 Å². The summed E-state index contributed by atoms with van der Waals surface area (Å²) in [5.41, 5.74) is 4.73. The van der Waals surface area contributed by atoms with Crippen LogP contribution < -0.4 is 5.73 Å². The number of fused-ring (bicyclic) bond motifs is 1. The first kappa shape index (κ1) is 17.2. The Labute approximate surface area is 143 Å². The first-order valence-corrected chi connectivity index (χ1v) is 8.58. The molecule has 2 aliphatic heterocycles. The van der Waals surface area contributed by atoms with Gasteiger partial charge in [-0.05, 0) is 24.3 Å². The first-order chi connectivity index (χ1) is 11.2. The molecule has 3 rings (SSSR count). The van der Waals surface area contributed by atoms with Crippen LogP contribution in [0.3, 0.4) is 0 Å². The number of thioether (sulfide) groups is 2. The number of aliphatic carboxylic acids is 1. The van der Waals surface area contributed by atoms with Gasteiger partial charge in [0.15, 0.2) is 0 Å². The minimum atomic E-state index is -4.43. The third-order valence-corrected chi connectivity index (χ3v) is 6.18. The minimum Gasteiger partial charge on any atom is -0.477 e. The number of halogens is 3. The van der Waals surface area contributed by atoms with E-state index in [4.69, 9.17) is 5.73 Å². The van der Waals surface area contributed by atoms with E-state index in [0.29, 0.717) is 15.6 Å². The van der Waals surface area contributed by atoms with Crippen molar-refractivity contribution in [2.75, 3.05) is 5.75 Å². The average Bonchev–Trinajstić information content (AvgIpc) is 2.53. The van der Waals surface area contributed by atoms with Gasteiger partial charge in [-0.15, -0.1) is 11.8 Å². The maximum Gasteiger partial charge on any atom is 0.416 e. The van der Waals surface area contributed by atoms with Crippen LogP contribution in [0.15, 0.2) is 39.8 Å². The van der Waals surface area contributed by atoms with Crippen LogP contribution in [-0.4, -0.2) is 39.1 Å². The highest BCUT2D eigenvalue weighted by molar-refractivity contribution is 8.06. The van der Waals surface area contributed by atoms with Crippen LogP contribution in [0.4, 0.5) is 13.2 Å². The van der Waals surface area contributed by atoms with E-state index in [1.54, 1.807) is 0 Å². The second kappa shape index (κ2) is 6.01. The summed E-state index contributed by atoms with van der Waals surface area (Å²) < 4.78 is 37.7. The number of hydrogen-bond acceptors (Lipinski definition) is 5. The van der Waals surface area contributed by atoms with Gasteiger partial charge >= 0.3 is 12.1 Å². The number of nitrogens with two attached hydrogens (primary N) is 1. The van der Waals surface area contributed by atoms with E-state index in [-0.39, 0.29) is 5.70 Å². The molecule has 1 amide bonds. The molecule has 0 aromatic heterocycles. The summed E-state index contributed by atoms with van der Waals surface area (Å²) in [6.45, 7) is 0. The molecule has 24 heavy (non-hydrogen) atoms. The van der Waals surface area contributed by atoms with Crippen LogP contribution in [-0.2, 0) is 15.8 Å². The lowest BCUT2D eigenvalue weighted by Gasteiger charge is -2.47. The van der Waals surface area contributed by atoms with Gasteiger partial charge < -0.3 is 10.8 Å². The normalized spacial score (nSPS) is 23.8. The Morgan fingerprint density at radius 1 is 1.33 bits per heavy atom. The number of carbonyl (C=O) groups is 2. The Morgan fingerprint density at radius 3 is 2.50 bits per heavy atom. The summed E-state index contributed by atoms with van der Waals surface area (Å²) in [6.07, 6.45) is -4.43. The molecule has 0 spiro atoms. The van der Waals surface area contributed by atoms with Gasteiger partial charge in [0, 0.05) is 15.6 Å². The first-order valence-electron chi connectivity index (χ1n) is 6.72. The lowest BCUT2D eigenvalue weighted by Crippen LogP contribution is -2.68. The monoisotopic (exact) mass is 376 g/mol. The van der Waals surface area contributed by atoms with Crippen molar-refractivity contribution < 1.29 is 27.9 Å². The number of β-lactam (4-membered cyclic amide) rings is 1. The van der Waals surface area contributed by atoms with Gasteiger partial charge in [0.25, 0.3) is 0 Å². The molecule has 2 atom stereocenters. The Hall–Kier alpha value is -1.65. The molecular formula is C14H11F3N2O3S2. The van der Waals surface area contributed by atoms with Crippen LogP contribution in [0, 0.1) is 0 Å². The largest absolute Gasteiger partial charge is 0.477 e. The Bertz CT molecular complexity index is 734. The predicted molar refractivity (Wildman–Crippen MR) is 83.0 cm³/mol. The van der Waals surface area contributed by atoms with Crippen LogP contribution in [0.2, 0.25) is 0 Å². The van der Waals surface area contributed by atoms with E-state index >= 15 is 0 Å². The zero-order valence-corrected chi connectivity index (χ0v) is 13.5. The third-order valence-electron chi connectivity index (χ3n) is 3.60. The molecule has 0 radical (unpaired) electrons. The Morgan fingerprint density at radius 2 is 1.96 bits per heavy atom. The number of carboxylic acids is 1. The van der Waals surface area contributed by atoms with E-state index in [1.165, 1.54) is 23.9 Å². The number of hydrogen-bond donors (Lipinski definition) is 2. The molecule has 0 bridgehead atoms. The molecule has 128 valence electrons. The molecule has 1 saturated heterocycles. The lowest BCUT2D eigenvalue weighted by molar-refractivity contribution is -0.147. The van der Waals surface area contributed by atoms with Gasteiger partial charge in [0.05, 0.1) is 5.56 Å². The molecule has 2 heterocycles. The van der Waals surface area contributed by atoms with E-state index in [0.717, 1.165) is 28.8 Å². The summed E-state index contributed by atoms with van der Waals surface area (Å²) in [6, 6.07) is 3.71. The van der Waals surface area contributed by atoms with Crippen molar-refractivity contribution in [3.05, 3.63) is 40.4 Å². The van der Waals surface area contributed by atoms with Gasteiger partial charge in [0.1, 0.15) is 17.1 Å². The summed E-state index contributed by atoms with van der Waals surface area (Å²) in [5, 5.41) is 9.00. The highest BCUT2D eigenvalue weighted by Crippen LogP contribution is 2.44. The molecule has 1 aromatic carbocycles. The minimum absolute atomic E-state index is 0.143. The van der Waals surface area contributed by atoms with Gasteiger partial charge in [-0.25, -0.2) is 4.79 Å². The molecule has 1 aromatic rings. The van der Waals surface area contributed by atoms with Crippen molar-refractivity contribution in [3.8, 4) is 0 Å². The van der Waals surface area contributed by atoms with Crippen molar-refractivity contribution in [1.82, 2.24) is 4.90 Å². The van der Waals surface area contributed by atoms with Gasteiger partial charge in [-0.2, -0.15) is 13.2 Å². The standard InChI is InChI=1S/C14H11F3N2O3S2/c15-14(16,17)6-1-3-7(4-2-6)24-8-5-23-12-9(18)11(20)19(12)10(8)13(21)22/h1-4,9,12H,5,18H2,(H,21,22)/t9-,12-/m1/s1. The summed E-state index contributed by atoms with van der Waals surface area (Å²) in [5.74, 6) is -1.39. The number of carboxylic acid groups (broad SMARTS) is 1. The maximum atomic E-state index is 12.6. The summed E-state index contributed by atoms with van der Waals surface area (Å²) >= 11 is 2.38. The van der Waals surface area contributed by atoms with Crippen LogP contribution >= 0.6 is 23.5 Å². The lowest BCUT2D eigenvalue weighted by atomic mass is 10.1. The number of amides is 1. The topological polar surface area (TPSA) is 83.6 Å². The molecule has 3 N–H and O–H groups in total. The predicted octanol–water partition coefficient (Wildman–Crippen LogP) is 2.34. The summed E-state index contributed by atoms with van der Waals surface area (Å²) in [4.78, 5) is 25.4. The Kier molecular flexibility index (Phi) is 4.30. The SMILES string of the molecule is N[C@@H]1C(=O)N2C(C(=O)O)=C(Sc3ccc(C(F)(F)F)cc3)CS[C@H]12. The number of alkyl halides is 3.